The van der Waals surface area contributed by atoms with Crippen LogP contribution in [0.25, 0.3) is 0 Å². The van der Waals surface area contributed by atoms with Gasteiger partial charge in [0.2, 0.25) is 0 Å². The normalized spacial score (nSPS) is 73.0. The van der Waals surface area contributed by atoms with Crippen molar-refractivity contribution in [3.8, 4) is 0 Å². The standard InChI is InChI=1S/C12H12Br6/c13-7-1-2(8(7)14)4-6(12(18)11(4)17)5-3(1)9(15)10(5)16/h1-12H/t1?,2?,3?,4?,5?,6?,7-,8-,9-,10-,11+,12+/m0/s1. The third-order valence-corrected chi connectivity index (χ3v) is 15.0. The Morgan fingerprint density at radius 3 is 0.500 bits per heavy atom. The van der Waals surface area contributed by atoms with Crippen LogP contribution >= 0.6 is 95.6 Å². The fourth-order valence-corrected chi connectivity index (χ4v) is 11.3. The van der Waals surface area contributed by atoms with E-state index in [1.165, 1.54) is 0 Å². The quantitative estimate of drug-likeness (QED) is 0.317. The van der Waals surface area contributed by atoms with Gasteiger partial charge in [0.15, 0.2) is 0 Å². The van der Waals surface area contributed by atoms with E-state index in [-0.39, 0.29) is 0 Å². The summed E-state index contributed by atoms with van der Waals surface area (Å²) >= 11 is 23.5. The summed E-state index contributed by atoms with van der Waals surface area (Å²) in [6.45, 7) is 0. The van der Waals surface area contributed by atoms with Crippen LogP contribution in [0.15, 0.2) is 0 Å². The minimum Gasteiger partial charge on any atom is -0.0875 e. The summed E-state index contributed by atoms with van der Waals surface area (Å²) in [6.07, 6.45) is 0. The molecule has 12 atom stereocenters. The van der Waals surface area contributed by atoms with Crippen molar-refractivity contribution in [2.45, 2.75) is 29.0 Å². The lowest BCUT2D eigenvalue weighted by molar-refractivity contribution is -0.135. The number of hydrogen-bond donors (Lipinski definition) is 0. The maximum absolute atomic E-state index is 3.91. The van der Waals surface area contributed by atoms with Gasteiger partial charge in [-0.25, -0.2) is 0 Å². The zero-order valence-corrected chi connectivity index (χ0v) is 18.7. The second-order valence-electron chi connectivity index (χ2n) is 6.13. The van der Waals surface area contributed by atoms with Crippen molar-refractivity contribution in [2.24, 2.45) is 35.5 Å². The van der Waals surface area contributed by atoms with Crippen molar-refractivity contribution < 1.29 is 0 Å². The molecular formula is C12H12Br6. The summed E-state index contributed by atoms with van der Waals surface area (Å²) in [5, 5.41) is 0. The largest absolute Gasteiger partial charge is 0.0875 e. The Kier molecular flexibility index (Phi) is 3.77. The van der Waals surface area contributed by atoms with Gasteiger partial charge in [0, 0.05) is 29.0 Å². The molecule has 4 saturated carbocycles. The topological polar surface area (TPSA) is 0 Å². The number of hydrogen-bond acceptors (Lipinski definition) is 0. The second kappa shape index (κ2) is 4.69. The molecule has 0 aromatic rings. The van der Waals surface area contributed by atoms with Crippen LogP contribution in [0.5, 0.6) is 0 Å². The first-order valence-electron chi connectivity index (χ1n) is 6.31. The highest BCUT2D eigenvalue weighted by Crippen LogP contribution is 2.73. The summed E-state index contributed by atoms with van der Waals surface area (Å²) in [6, 6.07) is 0. The van der Waals surface area contributed by atoms with Gasteiger partial charge in [0.25, 0.3) is 0 Å². The molecular weight excluding hydrogens is 624 g/mol. The highest BCUT2D eigenvalue weighted by Gasteiger charge is 2.74. The Morgan fingerprint density at radius 2 is 0.389 bits per heavy atom. The zero-order valence-electron chi connectivity index (χ0n) is 9.20. The van der Waals surface area contributed by atoms with E-state index in [9.17, 15) is 0 Å². The van der Waals surface area contributed by atoms with E-state index in [4.69, 9.17) is 0 Å². The molecule has 0 heterocycles. The Hall–Kier alpha value is 2.88. The predicted molar refractivity (Wildman–Crippen MR) is 97.2 cm³/mol. The van der Waals surface area contributed by atoms with Crippen molar-refractivity contribution in [3.63, 3.8) is 0 Å². The molecule has 0 aliphatic heterocycles. The summed E-state index contributed by atoms with van der Waals surface area (Å²) in [5.74, 6) is 5.08. The SMILES string of the molecule is Br[C@@H]1C2C(C3C(C4C2[C@H](Br)[C@H]4Br)[C@H](Br)[C@H]3Br)[C@H]1Br. The minimum absolute atomic E-state index is 0.657. The van der Waals surface area contributed by atoms with Crippen molar-refractivity contribution in [1.29, 1.82) is 0 Å². The van der Waals surface area contributed by atoms with E-state index >= 15 is 0 Å². The average Bonchev–Trinajstić information content (AvgIpc) is 2.41. The van der Waals surface area contributed by atoms with Gasteiger partial charge < -0.3 is 0 Å². The number of halogens is 6. The molecule has 6 heteroatoms. The molecule has 4 aliphatic rings. The van der Waals surface area contributed by atoms with Gasteiger partial charge in [-0.2, -0.15) is 0 Å². The van der Waals surface area contributed by atoms with Gasteiger partial charge in [-0.3, -0.25) is 0 Å². The first kappa shape index (κ1) is 14.5. The molecule has 0 nitrogen and oxygen atoms in total. The molecule has 0 aromatic carbocycles. The molecule has 0 radical (unpaired) electrons. The van der Waals surface area contributed by atoms with Crippen LogP contribution in [0.2, 0.25) is 0 Å². The van der Waals surface area contributed by atoms with Crippen LogP contribution in [0, 0.1) is 35.5 Å². The number of fused-ring (bicyclic) bond motifs is 6. The molecule has 102 valence electrons. The molecule has 0 saturated heterocycles. The fourth-order valence-electron chi connectivity index (χ4n) is 4.92. The lowest BCUT2D eigenvalue weighted by atomic mass is 9.39. The third kappa shape index (κ3) is 1.53. The van der Waals surface area contributed by atoms with Gasteiger partial charge in [0.05, 0.1) is 0 Å². The number of rotatable bonds is 0. The zero-order chi connectivity index (χ0) is 12.9. The van der Waals surface area contributed by atoms with E-state index in [1.807, 2.05) is 0 Å². The summed E-state index contributed by atoms with van der Waals surface area (Å²) in [4.78, 5) is 3.94. The average molecular weight is 636 g/mol. The molecule has 6 unspecified atom stereocenters. The summed E-state index contributed by atoms with van der Waals surface area (Å²) in [5.41, 5.74) is 0. The monoisotopic (exact) mass is 630 g/mol. The maximum Gasteiger partial charge on any atom is 0.0308 e. The predicted octanol–water partition coefficient (Wildman–Crippen LogP) is 5.32. The maximum atomic E-state index is 3.91. The molecule has 0 N–H and O–H groups in total. The molecule has 0 spiro atoms. The fraction of sp³-hybridized carbons (Fsp3) is 1.00. The van der Waals surface area contributed by atoms with E-state index < -0.39 is 0 Å². The van der Waals surface area contributed by atoms with Crippen LogP contribution in [-0.2, 0) is 0 Å². The van der Waals surface area contributed by atoms with Crippen molar-refractivity contribution in [3.05, 3.63) is 0 Å². The second-order valence-corrected chi connectivity index (χ2v) is 12.5. The van der Waals surface area contributed by atoms with Crippen molar-refractivity contribution in [2.75, 3.05) is 0 Å². The molecule has 4 rings (SSSR count). The van der Waals surface area contributed by atoms with E-state index in [1.54, 1.807) is 0 Å². The first-order chi connectivity index (χ1) is 8.46. The molecule has 4 aliphatic carbocycles. The van der Waals surface area contributed by atoms with Gasteiger partial charge >= 0.3 is 0 Å². The van der Waals surface area contributed by atoms with Crippen LogP contribution < -0.4 is 0 Å². The highest BCUT2D eigenvalue weighted by molar-refractivity contribution is 9.13. The van der Waals surface area contributed by atoms with Crippen LogP contribution in [0.3, 0.4) is 0 Å². The molecule has 0 amide bonds. The van der Waals surface area contributed by atoms with Crippen molar-refractivity contribution in [1.82, 2.24) is 0 Å². The summed E-state index contributed by atoms with van der Waals surface area (Å²) < 4.78 is 0. The first-order valence-corrected chi connectivity index (χ1v) is 11.8. The van der Waals surface area contributed by atoms with Crippen LogP contribution in [0.1, 0.15) is 0 Å². The Morgan fingerprint density at radius 1 is 0.278 bits per heavy atom. The molecule has 0 bridgehead atoms. The van der Waals surface area contributed by atoms with Gasteiger partial charge in [0.1, 0.15) is 0 Å². The van der Waals surface area contributed by atoms with Crippen LogP contribution in [-0.4, -0.2) is 29.0 Å². The smallest absolute Gasteiger partial charge is 0.0308 e. The molecule has 18 heavy (non-hydrogen) atoms. The Balaban J connectivity index is 1.70. The molecule has 0 aromatic heterocycles. The van der Waals surface area contributed by atoms with Gasteiger partial charge in [-0.1, -0.05) is 95.6 Å². The Bertz CT molecular complexity index is 284. The highest BCUT2D eigenvalue weighted by atomic mass is 79.9. The van der Waals surface area contributed by atoms with Gasteiger partial charge in [-0.15, -0.1) is 0 Å². The number of alkyl halides is 6. The van der Waals surface area contributed by atoms with E-state index in [2.05, 4.69) is 95.6 Å². The van der Waals surface area contributed by atoms with E-state index in [0.29, 0.717) is 29.0 Å². The van der Waals surface area contributed by atoms with Crippen molar-refractivity contribution >= 4 is 95.6 Å². The minimum atomic E-state index is 0.657. The lowest BCUT2D eigenvalue weighted by Crippen LogP contribution is -2.77. The third-order valence-electron chi connectivity index (χ3n) is 5.79. The Labute approximate surface area is 158 Å². The molecule has 4 fully saturated rings. The van der Waals surface area contributed by atoms with Gasteiger partial charge in [-0.05, 0) is 35.5 Å². The van der Waals surface area contributed by atoms with Crippen LogP contribution in [0.4, 0.5) is 0 Å². The summed E-state index contributed by atoms with van der Waals surface area (Å²) in [7, 11) is 0. The lowest BCUT2D eigenvalue weighted by Gasteiger charge is -2.74. The van der Waals surface area contributed by atoms with E-state index in [0.717, 1.165) is 35.5 Å².